The molecule has 0 aromatic rings. The number of hydrogen-bond donors (Lipinski definition) is 2. The molecule has 0 spiro atoms. The smallest absolute Gasteiger partial charge is 0.331 e. The Hall–Kier alpha value is -0.480. The largest absolute Gasteiger partial charge is 0.457 e. The highest BCUT2D eigenvalue weighted by molar-refractivity contribution is 7.81. The van der Waals surface area contributed by atoms with E-state index in [2.05, 4.69) is 17.9 Å². The number of piperidine rings is 1. The van der Waals surface area contributed by atoms with Crippen LogP contribution in [0.2, 0.25) is 0 Å². The zero-order chi connectivity index (χ0) is 11.5. The molecule has 0 bridgehead atoms. The number of carbonyl (C=O) groups is 1. The molecule has 0 amide bonds. The summed E-state index contributed by atoms with van der Waals surface area (Å²) in [6, 6.07) is 0. The number of ether oxygens (including phenoxy) is 1. The molecule has 1 rings (SSSR count). The van der Waals surface area contributed by atoms with E-state index in [-0.39, 0.29) is 5.97 Å². The van der Waals surface area contributed by atoms with Gasteiger partial charge in [-0.2, -0.15) is 12.6 Å². The van der Waals surface area contributed by atoms with Gasteiger partial charge in [0.15, 0.2) is 0 Å². The van der Waals surface area contributed by atoms with Crippen molar-refractivity contribution in [2.75, 3.05) is 13.1 Å². The number of hydrogen-bond acceptors (Lipinski definition) is 4. The second kappa shape index (κ2) is 5.03. The lowest BCUT2D eigenvalue weighted by Gasteiger charge is -2.22. The van der Waals surface area contributed by atoms with Gasteiger partial charge in [-0.1, -0.05) is 0 Å². The Kier molecular flexibility index (Phi) is 4.22. The zero-order valence-electron chi connectivity index (χ0n) is 9.54. The Bertz CT molecular complexity index is 268. The van der Waals surface area contributed by atoms with E-state index in [0.717, 1.165) is 25.1 Å². The van der Waals surface area contributed by atoms with Gasteiger partial charge >= 0.3 is 5.97 Å². The van der Waals surface area contributed by atoms with E-state index in [0.29, 0.717) is 5.25 Å². The van der Waals surface area contributed by atoms with Crippen molar-refractivity contribution in [3.8, 4) is 0 Å². The fraction of sp³-hybridized carbons (Fsp3) is 0.727. The van der Waals surface area contributed by atoms with Crippen molar-refractivity contribution in [2.45, 2.75) is 38.0 Å². The maximum atomic E-state index is 11.5. The van der Waals surface area contributed by atoms with Crippen LogP contribution < -0.4 is 5.32 Å². The summed E-state index contributed by atoms with van der Waals surface area (Å²) in [5, 5.41) is 3.50. The Balaban J connectivity index is 2.51. The maximum absolute atomic E-state index is 11.5. The Morgan fingerprint density at radius 2 is 2.27 bits per heavy atom. The molecule has 0 saturated carbocycles. The lowest BCUT2D eigenvalue weighted by atomic mass is 10.1. The van der Waals surface area contributed by atoms with Crippen LogP contribution in [0.1, 0.15) is 27.2 Å². The highest BCUT2D eigenvalue weighted by Gasteiger charge is 2.17. The molecule has 0 radical (unpaired) electrons. The van der Waals surface area contributed by atoms with E-state index >= 15 is 0 Å². The van der Waals surface area contributed by atoms with Crippen molar-refractivity contribution in [2.24, 2.45) is 0 Å². The summed E-state index contributed by atoms with van der Waals surface area (Å²) in [5.41, 5.74) is 0.645. The second-order valence-electron chi connectivity index (χ2n) is 4.82. The summed E-state index contributed by atoms with van der Waals surface area (Å²) >= 11 is 4.37. The van der Waals surface area contributed by atoms with Gasteiger partial charge in [0.25, 0.3) is 0 Å². The topological polar surface area (TPSA) is 38.3 Å². The number of nitrogens with one attached hydrogen (secondary N) is 1. The van der Waals surface area contributed by atoms with E-state index in [1.165, 1.54) is 0 Å². The van der Waals surface area contributed by atoms with E-state index in [4.69, 9.17) is 4.74 Å². The van der Waals surface area contributed by atoms with Gasteiger partial charge in [-0.25, -0.2) is 4.79 Å². The number of rotatable bonds is 1. The van der Waals surface area contributed by atoms with Crippen molar-refractivity contribution >= 4 is 18.6 Å². The van der Waals surface area contributed by atoms with Crippen molar-refractivity contribution in [1.82, 2.24) is 5.32 Å². The van der Waals surface area contributed by atoms with Crippen LogP contribution in [0, 0.1) is 0 Å². The van der Waals surface area contributed by atoms with E-state index in [1.54, 1.807) is 6.08 Å². The molecule has 1 fully saturated rings. The lowest BCUT2D eigenvalue weighted by molar-refractivity contribution is -0.148. The standard InChI is InChI=1S/C11H19NO2S/c1-11(2,3)14-10(13)5-8-4-9(15)7-12-6-8/h5,9,12,15H,4,6-7H2,1-3H3. The van der Waals surface area contributed by atoms with Crippen molar-refractivity contribution in [3.05, 3.63) is 11.6 Å². The minimum absolute atomic E-state index is 0.262. The van der Waals surface area contributed by atoms with Gasteiger partial charge in [0.1, 0.15) is 5.60 Å². The molecule has 0 aliphatic carbocycles. The molecular weight excluding hydrogens is 210 g/mol. The van der Waals surface area contributed by atoms with E-state index in [1.807, 2.05) is 20.8 Å². The first-order valence-electron chi connectivity index (χ1n) is 5.18. The van der Waals surface area contributed by atoms with E-state index in [9.17, 15) is 4.79 Å². The average molecular weight is 229 g/mol. The fourth-order valence-electron chi connectivity index (χ4n) is 1.45. The van der Waals surface area contributed by atoms with Crippen molar-refractivity contribution in [1.29, 1.82) is 0 Å². The highest BCUT2D eigenvalue weighted by atomic mass is 32.1. The minimum atomic E-state index is -0.420. The molecule has 1 saturated heterocycles. The van der Waals surface area contributed by atoms with Crippen molar-refractivity contribution in [3.63, 3.8) is 0 Å². The van der Waals surface area contributed by atoms with Crippen LogP contribution in [0.4, 0.5) is 0 Å². The first-order valence-corrected chi connectivity index (χ1v) is 5.70. The monoisotopic (exact) mass is 229 g/mol. The van der Waals surface area contributed by atoms with Crippen LogP contribution in [-0.2, 0) is 9.53 Å². The van der Waals surface area contributed by atoms with Crippen LogP contribution in [-0.4, -0.2) is 29.9 Å². The average Bonchev–Trinajstić information content (AvgIpc) is 1.99. The molecule has 1 atom stereocenters. The van der Waals surface area contributed by atoms with Crippen LogP contribution >= 0.6 is 12.6 Å². The van der Waals surface area contributed by atoms with Crippen LogP contribution in [0.5, 0.6) is 0 Å². The summed E-state index contributed by atoms with van der Waals surface area (Å²) < 4.78 is 5.21. The Morgan fingerprint density at radius 3 is 2.80 bits per heavy atom. The predicted octanol–water partition coefficient (Wildman–Crippen LogP) is 1.55. The third kappa shape index (κ3) is 5.23. The van der Waals surface area contributed by atoms with Crippen LogP contribution in [0.15, 0.2) is 11.6 Å². The summed E-state index contributed by atoms with van der Waals surface area (Å²) in [5.74, 6) is -0.262. The molecule has 1 heterocycles. The predicted molar refractivity (Wildman–Crippen MR) is 64.2 cm³/mol. The minimum Gasteiger partial charge on any atom is -0.457 e. The Labute approximate surface area is 96.7 Å². The quantitative estimate of drug-likeness (QED) is 0.407. The molecule has 86 valence electrons. The third-order valence-corrected chi connectivity index (χ3v) is 2.32. The van der Waals surface area contributed by atoms with Gasteiger partial charge in [0.05, 0.1) is 0 Å². The molecule has 1 unspecified atom stereocenters. The zero-order valence-corrected chi connectivity index (χ0v) is 10.4. The summed E-state index contributed by atoms with van der Waals surface area (Å²) in [6.07, 6.45) is 2.44. The molecule has 1 aliphatic heterocycles. The van der Waals surface area contributed by atoms with Gasteiger partial charge in [0.2, 0.25) is 0 Å². The summed E-state index contributed by atoms with van der Waals surface area (Å²) in [7, 11) is 0. The van der Waals surface area contributed by atoms with Gasteiger partial charge in [-0.15, -0.1) is 0 Å². The van der Waals surface area contributed by atoms with Gasteiger partial charge in [-0.05, 0) is 32.8 Å². The molecule has 1 aliphatic rings. The molecule has 1 N–H and O–H groups in total. The maximum Gasteiger partial charge on any atom is 0.331 e. The van der Waals surface area contributed by atoms with Crippen LogP contribution in [0.3, 0.4) is 0 Å². The second-order valence-corrected chi connectivity index (χ2v) is 5.56. The third-order valence-electron chi connectivity index (χ3n) is 1.96. The molecule has 3 nitrogen and oxygen atoms in total. The number of esters is 1. The van der Waals surface area contributed by atoms with Crippen LogP contribution in [0.25, 0.3) is 0 Å². The SMILES string of the molecule is CC(C)(C)OC(=O)C=C1CNCC(S)C1. The lowest BCUT2D eigenvalue weighted by Crippen LogP contribution is -2.33. The first-order chi connectivity index (χ1) is 6.87. The molecule has 4 heteroatoms. The van der Waals surface area contributed by atoms with Crippen molar-refractivity contribution < 1.29 is 9.53 Å². The van der Waals surface area contributed by atoms with Gasteiger partial charge < -0.3 is 10.1 Å². The fourth-order valence-corrected chi connectivity index (χ4v) is 1.82. The van der Waals surface area contributed by atoms with Gasteiger partial charge in [-0.3, -0.25) is 0 Å². The van der Waals surface area contributed by atoms with E-state index < -0.39 is 5.60 Å². The molecule has 0 aromatic heterocycles. The molecule has 0 aromatic carbocycles. The Morgan fingerprint density at radius 1 is 1.60 bits per heavy atom. The summed E-state index contributed by atoms with van der Waals surface area (Å²) in [4.78, 5) is 11.5. The first kappa shape index (κ1) is 12.6. The van der Waals surface area contributed by atoms with Gasteiger partial charge in [0, 0.05) is 24.4 Å². The molecular formula is C11H19NO2S. The number of carbonyl (C=O) groups excluding carboxylic acids is 1. The number of thiol groups is 1. The molecule has 15 heavy (non-hydrogen) atoms. The highest BCUT2D eigenvalue weighted by Crippen LogP contribution is 2.15. The summed E-state index contributed by atoms with van der Waals surface area (Å²) in [6.45, 7) is 7.25. The normalized spacial score (nSPS) is 25.3.